The number of aromatic nitrogens is 4. The molecule has 1 aromatic carbocycles. The number of anilines is 1. The van der Waals surface area contributed by atoms with Gasteiger partial charge in [-0.05, 0) is 42.5 Å². The van der Waals surface area contributed by atoms with Gasteiger partial charge in [0.25, 0.3) is 5.91 Å². The average Bonchev–Trinajstić information content (AvgIpc) is 3.39. The first-order valence-electron chi connectivity index (χ1n) is 7.96. The molecule has 26 heavy (non-hydrogen) atoms. The number of carbonyl (C=O) groups is 1. The molecule has 0 spiro atoms. The Morgan fingerprint density at radius 1 is 1.12 bits per heavy atom. The molecule has 0 fully saturated rings. The smallest absolute Gasteiger partial charge is 0.273 e. The SMILES string of the molecule is O=C(Nc1ccn2nccc2c1)c1cc(-c2ccc3c(c2)OCO3)n[nH]1. The molecule has 0 saturated carbocycles. The van der Waals surface area contributed by atoms with Crippen molar-refractivity contribution in [3.63, 3.8) is 0 Å². The zero-order valence-corrected chi connectivity index (χ0v) is 13.5. The maximum absolute atomic E-state index is 12.5. The summed E-state index contributed by atoms with van der Waals surface area (Å²) in [6.45, 7) is 0.217. The second-order valence-electron chi connectivity index (χ2n) is 5.81. The third kappa shape index (κ3) is 2.44. The molecule has 0 aliphatic carbocycles. The number of nitrogens with zero attached hydrogens (tertiary/aromatic N) is 3. The molecule has 0 atom stereocenters. The van der Waals surface area contributed by atoms with E-state index in [-0.39, 0.29) is 12.7 Å². The molecule has 1 amide bonds. The topological polar surface area (TPSA) is 93.5 Å². The Morgan fingerprint density at radius 3 is 3.00 bits per heavy atom. The first-order chi connectivity index (χ1) is 12.8. The van der Waals surface area contributed by atoms with Gasteiger partial charge in [0.1, 0.15) is 5.69 Å². The number of nitrogens with one attached hydrogen (secondary N) is 2. The monoisotopic (exact) mass is 347 g/mol. The number of ether oxygens (including phenoxy) is 2. The minimum absolute atomic E-state index is 0.217. The molecule has 0 bridgehead atoms. The summed E-state index contributed by atoms with van der Waals surface area (Å²) >= 11 is 0. The lowest BCUT2D eigenvalue weighted by molar-refractivity contribution is 0.102. The van der Waals surface area contributed by atoms with Crippen LogP contribution in [-0.2, 0) is 0 Å². The molecule has 1 aliphatic heterocycles. The zero-order valence-electron chi connectivity index (χ0n) is 13.5. The number of benzene rings is 1. The quantitative estimate of drug-likeness (QED) is 0.594. The summed E-state index contributed by atoms with van der Waals surface area (Å²) in [7, 11) is 0. The third-order valence-electron chi connectivity index (χ3n) is 4.15. The fourth-order valence-electron chi connectivity index (χ4n) is 2.84. The molecular formula is C18H13N5O3. The number of pyridine rings is 1. The molecule has 2 N–H and O–H groups in total. The Kier molecular flexibility index (Phi) is 3.14. The van der Waals surface area contributed by atoms with Crippen molar-refractivity contribution < 1.29 is 14.3 Å². The lowest BCUT2D eigenvalue weighted by Gasteiger charge is -2.03. The molecule has 5 rings (SSSR count). The standard InChI is InChI=1S/C18H13N5O3/c24-18(20-12-4-6-23-13(8-12)3-5-19-23)15-9-14(21-22-15)11-1-2-16-17(7-11)26-10-25-16/h1-9H,10H2,(H,20,24)(H,21,22). The molecule has 4 heterocycles. The van der Waals surface area contributed by atoms with Gasteiger partial charge in [0.15, 0.2) is 11.5 Å². The van der Waals surface area contributed by atoms with E-state index in [4.69, 9.17) is 9.47 Å². The number of hydrogen-bond acceptors (Lipinski definition) is 5. The first-order valence-corrected chi connectivity index (χ1v) is 7.96. The Hall–Kier alpha value is -3.81. The predicted molar refractivity (Wildman–Crippen MR) is 93.3 cm³/mol. The van der Waals surface area contributed by atoms with Crippen LogP contribution in [0.2, 0.25) is 0 Å². The maximum Gasteiger partial charge on any atom is 0.273 e. The number of rotatable bonds is 3. The highest BCUT2D eigenvalue weighted by molar-refractivity contribution is 6.03. The van der Waals surface area contributed by atoms with Crippen LogP contribution in [0.15, 0.2) is 54.9 Å². The van der Waals surface area contributed by atoms with Crippen molar-refractivity contribution in [2.45, 2.75) is 0 Å². The van der Waals surface area contributed by atoms with Gasteiger partial charge < -0.3 is 14.8 Å². The van der Waals surface area contributed by atoms with Crippen LogP contribution in [0.25, 0.3) is 16.8 Å². The molecule has 8 heteroatoms. The highest BCUT2D eigenvalue weighted by Gasteiger charge is 2.16. The van der Waals surface area contributed by atoms with Gasteiger partial charge in [0.05, 0.1) is 11.2 Å². The molecule has 0 radical (unpaired) electrons. The molecule has 8 nitrogen and oxygen atoms in total. The van der Waals surface area contributed by atoms with Crippen LogP contribution in [-0.4, -0.2) is 32.5 Å². The van der Waals surface area contributed by atoms with Crippen molar-refractivity contribution in [1.29, 1.82) is 0 Å². The van der Waals surface area contributed by atoms with Gasteiger partial charge in [0.2, 0.25) is 6.79 Å². The summed E-state index contributed by atoms with van der Waals surface area (Å²) in [6, 6.07) is 12.7. The third-order valence-corrected chi connectivity index (χ3v) is 4.15. The van der Waals surface area contributed by atoms with E-state index < -0.39 is 0 Å². The van der Waals surface area contributed by atoms with Crippen molar-refractivity contribution in [2.24, 2.45) is 0 Å². The summed E-state index contributed by atoms with van der Waals surface area (Å²) < 4.78 is 12.4. The minimum atomic E-state index is -0.270. The van der Waals surface area contributed by atoms with E-state index >= 15 is 0 Å². The lowest BCUT2D eigenvalue weighted by atomic mass is 10.1. The first kappa shape index (κ1) is 14.5. The normalized spacial score (nSPS) is 12.5. The zero-order chi connectivity index (χ0) is 17.5. The van der Waals surface area contributed by atoms with Crippen molar-refractivity contribution in [2.75, 3.05) is 12.1 Å². The van der Waals surface area contributed by atoms with Crippen molar-refractivity contribution in [3.05, 3.63) is 60.6 Å². The van der Waals surface area contributed by atoms with Crippen LogP contribution in [0.1, 0.15) is 10.5 Å². The van der Waals surface area contributed by atoms with E-state index in [0.717, 1.165) is 11.1 Å². The minimum Gasteiger partial charge on any atom is -0.454 e. The predicted octanol–water partition coefficient (Wildman–Crippen LogP) is 2.71. The largest absolute Gasteiger partial charge is 0.454 e. The van der Waals surface area contributed by atoms with Gasteiger partial charge >= 0.3 is 0 Å². The van der Waals surface area contributed by atoms with E-state index in [9.17, 15) is 4.79 Å². The van der Waals surface area contributed by atoms with E-state index in [1.807, 2.05) is 30.3 Å². The van der Waals surface area contributed by atoms with Crippen molar-refractivity contribution in [3.8, 4) is 22.8 Å². The summed E-state index contributed by atoms with van der Waals surface area (Å²) in [5, 5.41) is 14.0. The van der Waals surface area contributed by atoms with Crippen molar-refractivity contribution >= 4 is 17.1 Å². The van der Waals surface area contributed by atoms with Gasteiger partial charge in [-0.2, -0.15) is 10.2 Å². The fraction of sp³-hybridized carbons (Fsp3) is 0.0556. The van der Waals surface area contributed by atoms with Crippen LogP contribution in [0.4, 0.5) is 5.69 Å². The summed E-state index contributed by atoms with van der Waals surface area (Å²) in [5.41, 5.74) is 3.44. The number of fused-ring (bicyclic) bond motifs is 2. The Balaban J connectivity index is 1.38. The molecule has 0 unspecified atom stereocenters. The fourth-order valence-corrected chi connectivity index (χ4v) is 2.84. The number of amides is 1. The van der Waals surface area contributed by atoms with Crippen LogP contribution in [0.3, 0.4) is 0 Å². The Bertz CT molecular complexity index is 1130. The molecule has 3 aromatic heterocycles. The van der Waals surface area contributed by atoms with Crippen LogP contribution in [0.5, 0.6) is 11.5 Å². The summed E-state index contributed by atoms with van der Waals surface area (Å²) in [4.78, 5) is 12.5. The Labute approximate surface area is 147 Å². The molecule has 0 saturated heterocycles. The molecule has 4 aromatic rings. The number of aromatic amines is 1. The number of carbonyl (C=O) groups excluding carboxylic acids is 1. The van der Waals surface area contributed by atoms with Gasteiger partial charge in [0, 0.05) is 23.6 Å². The van der Waals surface area contributed by atoms with E-state index in [1.54, 1.807) is 29.0 Å². The second kappa shape index (κ2) is 5.62. The van der Waals surface area contributed by atoms with Crippen LogP contribution < -0.4 is 14.8 Å². The van der Waals surface area contributed by atoms with Gasteiger partial charge in [-0.3, -0.25) is 9.89 Å². The van der Waals surface area contributed by atoms with Gasteiger partial charge in [-0.25, -0.2) is 4.52 Å². The van der Waals surface area contributed by atoms with Gasteiger partial charge in [-0.1, -0.05) is 0 Å². The highest BCUT2D eigenvalue weighted by atomic mass is 16.7. The second-order valence-corrected chi connectivity index (χ2v) is 5.81. The highest BCUT2D eigenvalue weighted by Crippen LogP contribution is 2.35. The molecular weight excluding hydrogens is 334 g/mol. The molecule has 128 valence electrons. The van der Waals surface area contributed by atoms with Crippen molar-refractivity contribution in [1.82, 2.24) is 19.8 Å². The Morgan fingerprint density at radius 2 is 2.04 bits per heavy atom. The lowest BCUT2D eigenvalue weighted by Crippen LogP contribution is -2.12. The average molecular weight is 347 g/mol. The van der Waals surface area contributed by atoms with Gasteiger partial charge in [-0.15, -0.1) is 0 Å². The van der Waals surface area contributed by atoms with Crippen LogP contribution in [0, 0.1) is 0 Å². The summed E-state index contributed by atoms with van der Waals surface area (Å²) in [5.74, 6) is 1.11. The number of H-pyrrole nitrogens is 1. The summed E-state index contributed by atoms with van der Waals surface area (Å²) in [6.07, 6.45) is 3.49. The van der Waals surface area contributed by atoms with Crippen LogP contribution >= 0.6 is 0 Å². The molecule has 1 aliphatic rings. The van der Waals surface area contributed by atoms with E-state index in [2.05, 4.69) is 20.6 Å². The van der Waals surface area contributed by atoms with E-state index in [1.165, 1.54) is 0 Å². The maximum atomic E-state index is 12.5. The number of hydrogen-bond donors (Lipinski definition) is 2. The van der Waals surface area contributed by atoms with E-state index in [0.29, 0.717) is 28.6 Å².